The number of hydrogen-bond acceptors (Lipinski definition) is 5. The first-order valence-electron chi connectivity index (χ1n) is 7.26. The minimum Gasteiger partial charge on any atom is -0.372 e. The van der Waals surface area contributed by atoms with Crippen molar-refractivity contribution >= 4 is 28.8 Å². The number of nitrogens with zero attached hydrogens (tertiary/aromatic N) is 1. The Hall–Kier alpha value is -1.53. The first-order valence-corrected chi connectivity index (χ1v) is 8.14. The topological polar surface area (TPSA) is 81.0 Å². The molecule has 3 N–H and O–H groups in total. The SMILES string of the molecule is CCCCCCC(Sc1nc2ccccc2[nH]1)C(=O)ON. The molecule has 0 amide bonds. The van der Waals surface area contributed by atoms with E-state index >= 15 is 0 Å². The molecule has 0 bridgehead atoms. The van der Waals surface area contributed by atoms with E-state index in [0.717, 1.165) is 35.5 Å². The zero-order chi connectivity index (χ0) is 15.1. The number of unbranched alkanes of at least 4 members (excludes halogenated alkanes) is 3. The molecule has 2 aromatic rings. The highest BCUT2D eigenvalue weighted by Gasteiger charge is 2.22. The third kappa shape index (κ3) is 4.47. The molecule has 1 heterocycles. The first kappa shape index (κ1) is 15.9. The molecule has 0 spiro atoms. The minimum atomic E-state index is -0.392. The summed E-state index contributed by atoms with van der Waals surface area (Å²) in [5.41, 5.74) is 1.86. The normalized spacial score (nSPS) is 12.5. The molecule has 1 aromatic carbocycles. The molecular formula is C15H21N3O2S. The largest absolute Gasteiger partial charge is 0.372 e. The Morgan fingerprint density at radius 2 is 2.19 bits per heavy atom. The third-order valence-electron chi connectivity index (χ3n) is 3.32. The van der Waals surface area contributed by atoms with Crippen LogP contribution in [-0.2, 0) is 9.63 Å². The Labute approximate surface area is 128 Å². The standard InChI is InChI=1S/C15H21N3O2S/c1-2-3-4-5-10-13(14(19)20-16)21-15-17-11-8-6-7-9-12(11)18-15/h6-9,13H,2-5,10,16H2,1H3,(H,17,18). The molecule has 0 saturated carbocycles. The van der Waals surface area contributed by atoms with Gasteiger partial charge in [-0.05, 0) is 18.6 Å². The fourth-order valence-electron chi connectivity index (χ4n) is 2.18. The molecule has 5 nitrogen and oxygen atoms in total. The van der Waals surface area contributed by atoms with Crippen molar-refractivity contribution in [1.29, 1.82) is 0 Å². The molecule has 0 fully saturated rings. The molecule has 114 valence electrons. The maximum atomic E-state index is 11.8. The fraction of sp³-hybridized carbons (Fsp3) is 0.467. The fourth-order valence-corrected chi connectivity index (χ4v) is 3.20. The van der Waals surface area contributed by atoms with Gasteiger partial charge in [0.15, 0.2) is 5.16 Å². The van der Waals surface area contributed by atoms with Crippen molar-refractivity contribution in [3.63, 3.8) is 0 Å². The number of aromatic nitrogens is 2. The summed E-state index contributed by atoms with van der Waals surface area (Å²) in [6.07, 6.45) is 5.20. The number of imidazole rings is 1. The number of benzene rings is 1. The maximum Gasteiger partial charge on any atom is 0.337 e. The maximum absolute atomic E-state index is 11.8. The summed E-state index contributed by atoms with van der Waals surface area (Å²) < 4.78 is 0. The minimum absolute atomic E-state index is 0.313. The Morgan fingerprint density at radius 3 is 2.90 bits per heavy atom. The lowest BCUT2D eigenvalue weighted by atomic mass is 10.1. The summed E-state index contributed by atoms with van der Waals surface area (Å²) in [6, 6.07) is 7.79. The van der Waals surface area contributed by atoms with Gasteiger partial charge >= 0.3 is 5.97 Å². The van der Waals surface area contributed by atoms with E-state index in [4.69, 9.17) is 5.90 Å². The highest BCUT2D eigenvalue weighted by Crippen LogP contribution is 2.27. The molecule has 1 unspecified atom stereocenters. The number of rotatable bonds is 8. The van der Waals surface area contributed by atoms with E-state index < -0.39 is 5.97 Å². The van der Waals surface area contributed by atoms with Gasteiger partial charge in [-0.2, -0.15) is 5.90 Å². The lowest BCUT2D eigenvalue weighted by Crippen LogP contribution is -2.23. The van der Waals surface area contributed by atoms with Crippen LogP contribution in [0.2, 0.25) is 0 Å². The zero-order valence-electron chi connectivity index (χ0n) is 12.2. The molecule has 21 heavy (non-hydrogen) atoms. The van der Waals surface area contributed by atoms with Gasteiger partial charge in [0, 0.05) is 0 Å². The van der Waals surface area contributed by atoms with Crippen LogP contribution in [0.15, 0.2) is 29.4 Å². The van der Waals surface area contributed by atoms with E-state index in [1.807, 2.05) is 24.3 Å². The second-order valence-electron chi connectivity index (χ2n) is 4.95. The van der Waals surface area contributed by atoms with E-state index in [2.05, 4.69) is 21.7 Å². The molecule has 0 saturated heterocycles. The summed E-state index contributed by atoms with van der Waals surface area (Å²) in [6.45, 7) is 2.16. The molecule has 0 radical (unpaired) electrons. The van der Waals surface area contributed by atoms with E-state index in [9.17, 15) is 4.79 Å². The smallest absolute Gasteiger partial charge is 0.337 e. The number of carbonyl (C=O) groups excluding carboxylic acids is 1. The second-order valence-corrected chi connectivity index (χ2v) is 6.14. The first-order chi connectivity index (χ1) is 10.2. The number of fused-ring (bicyclic) bond motifs is 1. The average molecular weight is 307 g/mol. The van der Waals surface area contributed by atoms with Gasteiger partial charge in [-0.25, -0.2) is 9.78 Å². The number of para-hydroxylation sites is 2. The average Bonchev–Trinajstić information content (AvgIpc) is 2.92. The Balaban J connectivity index is 2.01. The molecular weight excluding hydrogens is 286 g/mol. The highest BCUT2D eigenvalue weighted by atomic mass is 32.2. The van der Waals surface area contributed by atoms with Crippen molar-refractivity contribution in [1.82, 2.24) is 9.97 Å². The molecule has 0 aliphatic carbocycles. The molecule has 0 aliphatic rings. The van der Waals surface area contributed by atoms with Crippen LogP contribution < -0.4 is 5.90 Å². The summed E-state index contributed by atoms with van der Waals surface area (Å²) in [7, 11) is 0. The van der Waals surface area contributed by atoms with Crippen LogP contribution in [-0.4, -0.2) is 21.2 Å². The van der Waals surface area contributed by atoms with Crippen LogP contribution in [0.25, 0.3) is 11.0 Å². The Bertz CT molecular complexity index is 552. The van der Waals surface area contributed by atoms with Crippen LogP contribution in [0.5, 0.6) is 0 Å². The van der Waals surface area contributed by atoms with Gasteiger partial charge in [0.2, 0.25) is 0 Å². The van der Waals surface area contributed by atoms with Crippen molar-refractivity contribution in [3.8, 4) is 0 Å². The van der Waals surface area contributed by atoms with Crippen LogP contribution in [0.1, 0.15) is 39.0 Å². The number of aromatic amines is 1. The molecule has 0 aliphatic heterocycles. The number of nitrogens with one attached hydrogen (secondary N) is 1. The van der Waals surface area contributed by atoms with Crippen LogP contribution in [0.3, 0.4) is 0 Å². The van der Waals surface area contributed by atoms with Gasteiger partial charge in [-0.15, -0.1) is 0 Å². The van der Waals surface area contributed by atoms with Gasteiger partial charge < -0.3 is 9.82 Å². The summed E-state index contributed by atoms with van der Waals surface area (Å²) in [5.74, 6) is 4.65. The van der Waals surface area contributed by atoms with Gasteiger partial charge in [0.25, 0.3) is 0 Å². The Morgan fingerprint density at radius 1 is 1.38 bits per heavy atom. The zero-order valence-corrected chi connectivity index (χ0v) is 13.0. The van der Waals surface area contributed by atoms with Crippen LogP contribution in [0, 0.1) is 0 Å². The second kappa shape index (κ2) is 8.05. The Kier molecular flexibility index (Phi) is 6.07. The van der Waals surface area contributed by atoms with Gasteiger partial charge in [0.05, 0.1) is 11.0 Å². The predicted molar refractivity (Wildman–Crippen MR) is 84.8 cm³/mol. The lowest BCUT2D eigenvalue weighted by molar-refractivity contribution is -0.143. The van der Waals surface area contributed by atoms with E-state index in [-0.39, 0.29) is 5.25 Å². The van der Waals surface area contributed by atoms with Crippen molar-refractivity contribution in [2.75, 3.05) is 0 Å². The van der Waals surface area contributed by atoms with Crippen molar-refractivity contribution in [2.24, 2.45) is 5.90 Å². The predicted octanol–water partition coefficient (Wildman–Crippen LogP) is 3.41. The van der Waals surface area contributed by atoms with Crippen molar-refractivity contribution in [3.05, 3.63) is 24.3 Å². The lowest BCUT2D eigenvalue weighted by Gasteiger charge is -2.11. The molecule has 1 atom stereocenters. The number of carbonyl (C=O) groups is 1. The van der Waals surface area contributed by atoms with Gasteiger partial charge in [-0.1, -0.05) is 56.5 Å². The van der Waals surface area contributed by atoms with Gasteiger partial charge in [-0.3, -0.25) is 0 Å². The highest BCUT2D eigenvalue weighted by molar-refractivity contribution is 8.00. The van der Waals surface area contributed by atoms with Crippen molar-refractivity contribution in [2.45, 2.75) is 49.4 Å². The number of H-pyrrole nitrogens is 1. The molecule has 6 heteroatoms. The summed E-state index contributed by atoms with van der Waals surface area (Å²) in [4.78, 5) is 23.9. The van der Waals surface area contributed by atoms with Gasteiger partial charge in [0.1, 0.15) is 5.25 Å². The molecule has 2 rings (SSSR count). The summed E-state index contributed by atoms with van der Waals surface area (Å²) >= 11 is 1.38. The van der Waals surface area contributed by atoms with Crippen LogP contribution >= 0.6 is 11.8 Å². The van der Waals surface area contributed by atoms with Crippen LogP contribution in [0.4, 0.5) is 0 Å². The van der Waals surface area contributed by atoms with E-state index in [0.29, 0.717) is 0 Å². The number of nitrogens with two attached hydrogens (primary N) is 1. The number of hydrogen-bond donors (Lipinski definition) is 2. The number of thioether (sulfide) groups is 1. The molecule has 1 aromatic heterocycles. The monoisotopic (exact) mass is 307 g/mol. The van der Waals surface area contributed by atoms with E-state index in [1.165, 1.54) is 24.6 Å². The quantitative estimate of drug-likeness (QED) is 0.444. The van der Waals surface area contributed by atoms with E-state index in [1.54, 1.807) is 0 Å². The van der Waals surface area contributed by atoms with Crippen molar-refractivity contribution < 1.29 is 9.63 Å². The third-order valence-corrected chi connectivity index (χ3v) is 4.45. The summed E-state index contributed by atoms with van der Waals surface area (Å²) in [5, 5.41) is 0.412.